The van der Waals surface area contributed by atoms with Crippen LogP contribution in [0.3, 0.4) is 0 Å². The Morgan fingerprint density at radius 1 is 1.00 bits per heavy atom. The van der Waals surface area contributed by atoms with Gasteiger partial charge in [0, 0.05) is 25.0 Å². The highest BCUT2D eigenvalue weighted by Gasteiger charge is 2.34. The number of nitrogens with one attached hydrogen (secondary N) is 2. The number of pyridine rings is 2. The predicted octanol–water partition coefficient (Wildman–Crippen LogP) is 4.17. The molecule has 2 aromatic heterocycles. The van der Waals surface area contributed by atoms with E-state index >= 15 is 0 Å². The summed E-state index contributed by atoms with van der Waals surface area (Å²) in [6.07, 6.45) is 4.26. The molecule has 1 unspecified atom stereocenters. The molecule has 9 heteroatoms. The lowest BCUT2D eigenvalue weighted by molar-refractivity contribution is 0.0692. The molecule has 2 aromatic carbocycles. The molecule has 4 aromatic rings. The lowest BCUT2D eigenvalue weighted by atomic mass is 9.87. The molecule has 0 fully saturated rings. The molecule has 7 rings (SSSR count). The molecule has 40 heavy (non-hydrogen) atoms. The molecule has 3 aliphatic heterocycles. The van der Waals surface area contributed by atoms with Crippen LogP contribution in [0.15, 0.2) is 77.9 Å². The number of benzene rings is 2. The fourth-order valence-electron chi connectivity index (χ4n) is 5.22. The van der Waals surface area contributed by atoms with E-state index in [2.05, 4.69) is 15.3 Å². The Kier molecular flexibility index (Phi) is 6.77. The molecule has 0 saturated carbocycles. The number of rotatable bonds is 1. The first-order valence-corrected chi connectivity index (χ1v) is 13.2. The van der Waals surface area contributed by atoms with E-state index in [-0.39, 0.29) is 17.4 Å². The van der Waals surface area contributed by atoms with Gasteiger partial charge in [-0.25, -0.2) is 0 Å². The molecule has 2 N–H and O–H groups in total. The van der Waals surface area contributed by atoms with Crippen molar-refractivity contribution in [1.82, 2.24) is 20.2 Å². The van der Waals surface area contributed by atoms with Crippen LogP contribution >= 0.6 is 0 Å². The zero-order chi connectivity index (χ0) is 27.6. The minimum Gasteiger partial charge on any atom is -0.494 e. The Morgan fingerprint density at radius 3 is 2.77 bits per heavy atom. The van der Waals surface area contributed by atoms with Crippen molar-refractivity contribution >= 4 is 11.8 Å². The topological polar surface area (TPSA) is 114 Å². The summed E-state index contributed by atoms with van der Waals surface area (Å²) in [5.41, 5.74) is 3.65. The molecule has 0 spiro atoms. The fraction of sp³-hybridized carbons (Fsp3) is 0.226. The maximum Gasteiger partial charge on any atom is 0.260 e. The summed E-state index contributed by atoms with van der Waals surface area (Å²) in [5.74, 6) is 1.16. The SMILES string of the molecule is Cc1ccc(C(=O)N2CCc3cc4ccc3C2c2cccc(c2)OCCCNC(=O)c2cncc(c2)O4)c(=O)[nH]1. The number of nitrogens with zero attached hydrogens (tertiary/aromatic N) is 2. The van der Waals surface area contributed by atoms with Crippen molar-refractivity contribution in [3.8, 4) is 17.2 Å². The van der Waals surface area contributed by atoms with Crippen molar-refractivity contribution < 1.29 is 19.1 Å². The molecule has 0 radical (unpaired) electrons. The number of carbonyl (C=O) groups is 2. The number of aromatic nitrogens is 2. The van der Waals surface area contributed by atoms with E-state index in [1.165, 1.54) is 6.20 Å². The van der Waals surface area contributed by atoms with Gasteiger partial charge in [-0.2, -0.15) is 0 Å². The Hall–Kier alpha value is -4.92. The molecule has 8 bridgehead atoms. The van der Waals surface area contributed by atoms with Gasteiger partial charge in [-0.05, 0) is 78.9 Å². The van der Waals surface area contributed by atoms with Gasteiger partial charge < -0.3 is 24.7 Å². The highest BCUT2D eigenvalue weighted by Crippen LogP contribution is 2.39. The number of fused-ring (bicyclic) bond motifs is 6. The minimum atomic E-state index is -0.433. The van der Waals surface area contributed by atoms with Gasteiger partial charge in [-0.3, -0.25) is 19.4 Å². The Labute approximate surface area is 230 Å². The van der Waals surface area contributed by atoms with Gasteiger partial charge >= 0.3 is 0 Å². The third kappa shape index (κ3) is 5.05. The van der Waals surface area contributed by atoms with E-state index in [9.17, 15) is 14.4 Å². The molecule has 1 atom stereocenters. The average Bonchev–Trinajstić information content (AvgIpc) is 2.96. The van der Waals surface area contributed by atoms with Crippen molar-refractivity contribution in [2.24, 2.45) is 0 Å². The summed E-state index contributed by atoms with van der Waals surface area (Å²) in [6, 6.07) is 18.0. The first-order chi connectivity index (χ1) is 19.5. The number of amides is 2. The van der Waals surface area contributed by atoms with Crippen molar-refractivity contribution in [3.63, 3.8) is 0 Å². The van der Waals surface area contributed by atoms with Crippen molar-refractivity contribution in [3.05, 3.63) is 117 Å². The van der Waals surface area contributed by atoms with E-state index in [0.717, 1.165) is 16.7 Å². The second-order valence-corrected chi connectivity index (χ2v) is 9.94. The molecule has 9 nitrogen and oxygen atoms in total. The number of H-pyrrole nitrogens is 1. The Bertz CT molecular complexity index is 1660. The van der Waals surface area contributed by atoms with E-state index < -0.39 is 11.6 Å². The molecular weight excluding hydrogens is 508 g/mol. The fourth-order valence-corrected chi connectivity index (χ4v) is 5.22. The summed E-state index contributed by atoms with van der Waals surface area (Å²) >= 11 is 0. The van der Waals surface area contributed by atoms with Gasteiger partial charge in [0.1, 0.15) is 22.8 Å². The van der Waals surface area contributed by atoms with Gasteiger partial charge in [0.05, 0.1) is 24.4 Å². The van der Waals surface area contributed by atoms with Crippen LogP contribution in [0.1, 0.15) is 55.6 Å². The maximum atomic E-state index is 13.8. The van der Waals surface area contributed by atoms with Gasteiger partial charge in [0.25, 0.3) is 17.4 Å². The number of aryl methyl sites for hydroxylation is 1. The lowest BCUT2D eigenvalue weighted by Gasteiger charge is -2.38. The minimum absolute atomic E-state index is 0.107. The van der Waals surface area contributed by atoms with Gasteiger partial charge in [-0.15, -0.1) is 0 Å². The van der Waals surface area contributed by atoms with Crippen molar-refractivity contribution in [1.29, 1.82) is 0 Å². The lowest BCUT2D eigenvalue weighted by Crippen LogP contribution is -2.42. The second-order valence-electron chi connectivity index (χ2n) is 9.94. The highest BCUT2D eigenvalue weighted by atomic mass is 16.5. The maximum absolute atomic E-state index is 13.8. The Morgan fingerprint density at radius 2 is 1.90 bits per heavy atom. The first kappa shape index (κ1) is 25.4. The average molecular weight is 537 g/mol. The molecule has 0 aliphatic carbocycles. The third-order valence-corrected chi connectivity index (χ3v) is 7.15. The smallest absolute Gasteiger partial charge is 0.260 e. The van der Waals surface area contributed by atoms with Crippen LogP contribution in [0.5, 0.6) is 17.2 Å². The van der Waals surface area contributed by atoms with Crippen LogP contribution < -0.4 is 20.3 Å². The molecule has 2 amide bonds. The molecule has 3 aliphatic rings. The largest absolute Gasteiger partial charge is 0.494 e. The zero-order valence-electron chi connectivity index (χ0n) is 22.0. The molecule has 0 saturated heterocycles. The van der Waals surface area contributed by atoms with Crippen LogP contribution in [0, 0.1) is 6.92 Å². The summed E-state index contributed by atoms with van der Waals surface area (Å²) in [4.78, 5) is 47.8. The van der Waals surface area contributed by atoms with E-state index in [4.69, 9.17) is 9.47 Å². The quantitative estimate of drug-likeness (QED) is 0.378. The molecule has 202 valence electrons. The van der Waals surface area contributed by atoms with Crippen LogP contribution in [0.2, 0.25) is 0 Å². The van der Waals surface area contributed by atoms with Crippen LogP contribution in [0.4, 0.5) is 0 Å². The van der Waals surface area contributed by atoms with Gasteiger partial charge in [-0.1, -0.05) is 18.2 Å². The summed E-state index contributed by atoms with van der Waals surface area (Å²) in [5, 5.41) is 2.89. The normalized spacial score (nSPS) is 16.7. The molecule has 5 heterocycles. The first-order valence-electron chi connectivity index (χ1n) is 13.2. The Balaban J connectivity index is 1.44. The van der Waals surface area contributed by atoms with Crippen LogP contribution in [-0.2, 0) is 6.42 Å². The number of hydrogen-bond donors (Lipinski definition) is 2. The number of ether oxygens (including phenoxy) is 2. The van der Waals surface area contributed by atoms with Crippen molar-refractivity contribution in [2.45, 2.75) is 25.8 Å². The van der Waals surface area contributed by atoms with E-state index in [1.807, 2.05) is 42.5 Å². The van der Waals surface area contributed by atoms with E-state index in [1.54, 1.807) is 36.2 Å². The molecular formula is C31H28N4O5. The summed E-state index contributed by atoms with van der Waals surface area (Å²) in [7, 11) is 0. The van der Waals surface area contributed by atoms with Gasteiger partial charge in [0.15, 0.2) is 0 Å². The van der Waals surface area contributed by atoms with E-state index in [0.29, 0.717) is 61.0 Å². The second kappa shape index (κ2) is 10.7. The van der Waals surface area contributed by atoms with Crippen molar-refractivity contribution in [2.75, 3.05) is 19.7 Å². The third-order valence-electron chi connectivity index (χ3n) is 7.15. The summed E-state index contributed by atoms with van der Waals surface area (Å²) < 4.78 is 12.1. The van der Waals surface area contributed by atoms with Crippen LogP contribution in [-0.4, -0.2) is 46.4 Å². The summed E-state index contributed by atoms with van der Waals surface area (Å²) in [6.45, 7) is 3.03. The number of aromatic amines is 1. The highest BCUT2D eigenvalue weighted by molar-refractivity contribution is 5.95. The van der Waals surface area contributed by atoms with Crippen LogP contribution in [0.25, 0.3) is 0 Å². The number of hydrogen-bond acceptors (Lipinski definition) is 6. The number of carbonyl (C=O) groups excluding carboxylic acids is 2. The monoisotopic (exact) mass is 536 g/mol. The zero-order valence-corrected chi connectivity index (χ0v) is 22.0. The predicted molar refractivity (Wildman–Crippen MR) is 148 cm³/mol. The standard InChI is InChI=1S/C31H28N4O5/c1-19-6-8-27(30(37)34-19)31(38)35-12-10-20-14-24-7-9-26(20)28(35)21-4-2-5-23(15-21)39-13-3-11-33-29(36)22-16-25(40-24)18-32-17-22/h2,4-9,14-18,28H,3,10-13H2,1H3,(H,33,36)(H,34,37). The van der Waals surface area contributed by atoms with Gasteiger partial charge in [0.2, 0.25) is 0 Å².